The van der Waals surface area contributed by atoms with Crippen molar-refractivity contribution < 1.29 is 27.5 Å². The number of alkyl halides is 3. The number of aromatic nitrogens is 2. The molecule has 162 valence electrons. The van der Waals surface area contributed by atoms with Crippen LogP contribution in [0.15, 0.2) is 24.4 Å². The van der Waals surface area contributed by atoms with Crippen LogP contribution in [0.2, 0.25) is 0 Å². The van der Waals surface area contributed by atoms with Crippen molar-refractivity contribution in [2.24, 2.45) is 0 Å². The molecule has 0 spiro atoms. The van der Waals surface area contributed by atoms with Gasteiger partial charge in [-0.3, -0.25) is 9.59 Å². The number of carbonyl (C=O) groups is 2. The maximum absolute atomic E-state index is 12.6. The van der Waals surface area contributed by atoms with E-state index in [1.54, 1.807) is 32.9 Å². The quantitative estimate of drug-likeness (QED) is 0.704. The molecule has 7 nitrogen and oxygen atoms in total. The van der Waals surface area contributed by atoms with E-state index in [0.717, 1.165) is 5.56 Å². The largest absolute Gasteiger partial charge is 0.477 e. The van der Waals surface area contributed by atoms with E-state index in [4.69, 9.17) is 4.74 Å². The first kappa shape index (κ1) is 23.1. The Bertz CT molecular complexity index is 932. The summed E-state index contributed by atoms with van der Waals surface area (Å²) < 4.78 is 41.7. The van der Waals surface area contributed by atoms with Gasteiger partial charge in [-0.2, -0.15) is 13.2 Å². The van der Waals surface area contributed by atoms with Gasteiger partial charge in [0.2, 0.25) is 11.8 Å². The predicted molar refractivity (Wildman–Crippen MR) is 104 cm³/mol. The van der Waals surface area contributed by atoms with Crippen LogP contribution in [0.3, 0.4) is 0 Å². The first-order valence-electron chi connectivity index (χ1n) is 9.18. The zero-order valence-corrected chi connectivity index (χ0v) is 17.1. The van der Waals surface area contributed by atoms with Crippen molar-refractivity contribution in [2.75, 3.05) is 11.9 Å². The van der Waals surface area contributed by atoms with Crippen LogP contribution >= 0.6 is 0 Å². The van der Waals surface area contributed by atoms with Crippen molar-refractivity contribution in [3.63, 3.8) is 0 Å². The molecule has 2 aromatic heterocycles. The Morgan fingerprint density at radius 3 is 2.50 bits per heavy atom. The molecule has 1 unspecified atom stereocenters. The van der Waals surface area contributed by atoms with E-state index in [9.17, 15) is 22.8 Å². The fraction of sp³-hybridized carbons (Fsp3) is 0.400. The second kappa shape index (κ2) is 9.55. The number of amides is 2. The smallest absolute Gasteiger partial charge is 0.392 e. The summed E-state index contributed by atoms with van der Waals surface area (Å²) in [6.07, 6.45) is -4.15. The monoisotopic (exact) mass is 424 g/mol. The molecule has 2 N–H and O–H groups in total. The molecule has 0 aromatic carbocycles. The zero-order chi connectivity index (χ0) is 22.5. The minimum absolute atomic E-state index is 0.0496. The van der Waals surface area contributed by atoms with Crippen LogP contribution in [0.1, 0.15) is 53.5 Å². The first-order valence-corrected chi connectivity index (χ1v) is 9.18. The second-order valence-electron chi connectivity index (χ2n) is 6.86. The topological polar surface area (TPSA) is 93.2 Å². The Morgan fingerprint density at radius 1 is 1.20 bits per heavy atom. The SMILES string of the molecule is CC(=O)Nc1cc(C(C)NC(=O)c2cnc(OCCC(F)(F)F)c(C)c2)cc(C)n1. The summed E-state index contributed by atoms with van der Waals surface area (Å²) in [5.74, 6) is -0.227. The number of rotatable bonds is 7. The molecule has 0 aliphatic heterocycles. The van der Waals surface area contributed by atoms with E-state index in [0.29, 0.717) is 17.1 Å². The molecule has 2 amide bonds. The summed E-state index contributed by atoms with van der Waals surface area (Å²) in [5.41, 5.74) is 2.12. The van der Waals surface area contributed by atoms with Gasteiger partial charge in [-0.15, -0.1) is 0 Å². The Labute approximate surface area is 172 Å². The molecule has 0 fully saturated rings. The summed E-state index contributed by atoms with van der Waals surface area (Å²) in [6, 6.07) is 4.56. The van der Waals surface area contributed by atoms with Crippen molar-refractivity contribution in [1.29, 1.82) is 0 Å². The predicted octanol–water partition coefficient (Wildman–Crippen LogP) is 3.87. The maximum Gasteiger partial charge on any atom is 0.392 e. The van der Waals surface area contributed by atoms with Crippen molar-refractivity contribution in [3.8, 4) is 5.88 Å². The lowest BCUT2D eigenvalue weighted by molar-refractivity contribution is -0.139. The average molecular weight is 424 g/mol. The molecule has 2 heterocycles. The molecule has 0 radical (unpaired) electrons. The number of ether oxygens (including phenoxy) is 1. The van der Waals surface area contributed by atoms with Crippen LogP contribution in [0.4, 0.5) is 19.0 Å². The minimum Gasteiger partial charge on any atom is -0.477 e. The molecule has 2 rings (SSSR count). The van der Waals surface area contributed by atoms with Gasteiger partial charge in [-0.05, 0) is 44.5 Å². The van der Waals surface area contributed by atoms with Crippen molar-refractivity contribution in [2.45, 2.75) is 46.3 Å². The summed E-state index contributed by atoms with van der Waals surface area (Å²) in [5, 5.41) is 5.43. The van der Waals surface area contributed by atoms with E-state index in [1.165, 1.54) is 19.2 Å². The summed E-state index contributed by atoms with van der Waals surface area (Å²) >= 11 is 0. The van der Waals surface area contributed by atoms with Gasteiger partial charge in [-0.1, -0.05) is 0 Å². The van der Waals surface area contributed by atoms with Gasteiger partial charge in [0, 0.05) is 24.4 Å². The highest BCUT2D eigenvalue weighted by Crippen LogP contribution is 2.22. The molecular weight excluding hydrogens is 401 g/mol. The third-order valence-electron chi connectivity index (χ3n) is 4.04. The number of nitrogens with one attached hydrogen (secondary N) is 2. The van der Waals surface area contributed by atoms with Gasteiger partial charge in [0.05, 0.1) is 24.6 Å². The normalized spacial score (nSPS) is 12.2. The van der Waals surface area contributed by atoms with Gasteiger partial charge < -0.3 is 15.4 Å². The average Bonchev–Trinajstić information content (AvgIpc) is 2.60. The Hall–Kier alpha value is -3.17. The number of pyridine rings is 2. The van der Waals surface area contributed by atoms with Crippen LogP contribution in [-0.2, 0) is 4.79 Å². The fourth-order valence-corrected chi connectivity index (χ4v) is 2.65. The summed E-state index contributed by atoms with van der Waals surface area (Å²) in [6.45, 7) is 5.98. The number of anilines is 1. The van der Waals surface area contributed by atoms with E-state index in [2.05, 4.69) is 20.6 Å². The lowest BCUT2D eigenvalue weighted by Gasteiger charge is -2.16. The van der Waals surface area contributed by atoms with Gasteiger partial charge in [0.25, 0.3) is 5.91 Å². The number of carbonyl (C=O) groups excluding carboxylic acids is 2. The van der Waals surface area contributed by atoms with Crippen LogP contribution in [0.5, 0.6) is 5.88 Å². The molecule has 10 heteroatoms. The summed E-state index contributed by atoms with van der Waals surface area (Å²) in [4.78, 5) is 32.0. The summed E-state index contributed by atoms with van der Waals surface area (Å²) in [7, 11) is 0. The third kappa shape index (κ3) is 7.02. The highest BCUT2D eigenvalue weighted by Gasteiger charge is 2.27. The van der Waals surface area contributed by atoms with Gasteiger partial charge >= 0.3 is 6.18 Å². The number of aryl methyl sites for hydroxylation is 2. The van der Waals surface area contributed by atoms with Crippen molar-refractivity contribution in [1.82, 2.24) is 15.3 Å². The number of hydrogen-bond donors (Lipinski definition) is 2. The molecule has 0 aliphatic carbocycles. The van der Waals surface area contributed by atoms with Gasteiger partial charge in [0.15, 0.2) is 0 Å². The molecule has 0 bridgehead atoms. The van der Waals surface area contributed by atoms with Crippen LogP contribution in [0, 0.1) is 13.8 Å². The Balaban J connectivity index is 2.06. The second-order valence-corrected chi connectivity index (χ2v) is 6.86. The molecule has 30 heavy (non-hydrogen) atoms. The number of hydrogen-bond acceptors (Lipinski definition) is 5. The highest BCUT2D eigenvalue weighted by molar-refractivity contribution is 5.94. The van der Waals surface area contributed by atoms with Crippen LogP contribution in [-0.4, -0.2) is 34.6 Å². The molecule has 1 atom stereocenters. The molecule has 0 aliphatic rings. The minimum atomic E-state index is -4.31. The Kier molecular flexibility index (Phi) is 7.36. The van der Waals surface area contributed by atoms with Crippen LogP contribution in [0.25, 0.3) is 0 Å². The van der Waals surface area contributed by atoms with E-state index < -0.39 is 31.2 Å². The lowest BCUT2D eigenvalue weighted by atomic mass is 10.1. The standard InChI is InChI=1S/C20H23F3N4O3/c1-11-7-16(10-24-19(11)30-6-5-20(21,22)23)18(29)26-13(3)15-8-12(2)25-17(9-15)27-14(4)28/h7-10,13H,5-6H2,1-4H3,(H,26,29)(H,25,27,28). The lowest BCUT2D eigenvalue weighted by Crippen LogP contribution is -2.27. The fourth-order valence-electron chi connectivity index (χ4n) is 2.65. The van der Waals surface area contributed by atoms with Crippen LogP contribution < -0.4 is 15.4 Å². The molecule has 2 aromatic rings. The zero-order valence-electron chi connectivity index (χ0n) is 17.1. The van der Waals surface area contributed by atoms with Crippen molar-refractivity contribution in [3.05, 3.63) is 46.8 Å². The number of nitrogens with zero attached hydrogens (tertiary/aromatic N) is 2. The maximum atomic E-state index is 12.6. The molecule has 0 saturated heterocycles. The van der Waals surface area contributed by atoms with E-state index in [-0.39, 0.29) is 17.4 Å². The molecule has 0 saturated carbocycles. The highest BCUT2D eigenvalue weighted by atomic mass is 19.4. The first-order chi connectivity index (χ1) is 13.9. The van der Waals surface area contributed by atoms with Crippen molar-refractivity contribution >= 4 is 17.6 Å². The number of halogens is 3. The third-order valence-corrected chi connectivity index (χ3v) is 4.04. The van der Waals surface area contributed by atoms with E-state index >= 15 is 0 Å². The van der Waals surface area contributed by atoms with Gasteiger partial charge in [-0.25, -0.2) is 9.97 Å². The van der Waals surface area contributed by atoms with E-state index in [1.807, 2.05) is 0 Å². The Morgan fingerprint density at radius 2 is 1.90 bits per heavy atom. The van der Waals surface area contributed by atoms with Gasteiger partial charge in [0.1, 0.15) is 5.82 Å². The molecular formula is C20H23F3N4O3.